The summed E-state index contributed by atoms with van der Waals surface area (Å²) < 4.78 is 15.3. The van der Waals surface area contributed by atoms with Crippen molar-refractivity contribution in [3.8, 4) is 0 Å². The Kier molecular flexibility index (Phi) is 11.3. The van der Waals surface area contributed by atoms with Crippen LogP contribution in [-0.2, 0) is 14.2 Å². The zero-order valence-electron chi connectivity index (χ0n) is 15.2. The first kappa shape index (κ1) is 25.8. The summed E-state index contributed by atoms with van der Waals surface area (Å²) in [4.78, 5) is 0. The molecular formula is C12H26CaO12. The van der Waals surface area contributed by atoms with Gasteiger partial charge >= 0.3 is 37.7 Å². The van der Waals surface area contributed by atoms with Crippen LogP contribution in [0.5, 0.6) is 0 Å². The second-order valence-electron chi connectivity index (χ2n) is 5.53. The fourth-order valence-corrected chi connectivity index (χ4v) is 2.57. The molecule has 0 aromatic rings. The Bertz CT molecular complexity index is 395. The fraction of sp³-hybridized carbons (Fsp3) is 1.00. The van der Waals surface area contributed by atoms with Crippen LogP contribution in [0.15, 0.2) is 0 Å². The molecule has 0 bridgehead atoms. The first-order valence-corrected chi connectivity index (χ1v) is 7.08. The van der Waals surface area contributed by atoms with Crippen molar-refractivity contribution in [1.82, 2.24) is 0 Å². The van der Waals surface area contributed by atoms with Gasteiger partial charge in [0.2, 0.25) is 0 Å². The Hall–Kier alpha value is 0.780. The van der Waals surface area contributed by atoms with Gasteiger partial charge in [0.05, 0.1) is 13.2 Å². The van der Waals surface area contributed by atoms with E-state index >= 15 is 0 Å². The van der Waals surface area contributed by atoms with Gasteiger partial charge in [-0.2, -0.15) is 0 Å². The minimum atomic E-state index is -1.74. The van der Waals surface area contributed by atoms with E-state index in [1.54, 1.807) is 0 Å². The molecule has 0 aromatic carbocycles. The molecule has 148 valence electrons. The first-order chi connectivity index (χ1) is 10.8. The average molecular weight is 402 g/mol. The predicted octanol–water partition coefficient (Wildman–Crippen LogP) is -6.38. The number of rotatable bonds is 4. The van der Waals surface area contributed by atoms with Crippen molar-refractivity contribution in [3.63, 3.8) is 0 Å². The molecule has 2 heterocycles. The van der Waals surface area contributed by atoms with Crippen molar-refractivity contribution in [1.29, 1.82) is 0 Å². The summed E-state index contributed by atoms with van der Waals surface area (Å²) >= 11 is 0. The van der Waals surface area contributed by atoms with Gasteiger partial charge in [-0.3, -0.25) is 0 Å². The van der Waals surface area contributed by atoms with Crippen LogP contribution in [-0.4, -0.2) is 159 Å². The van der Waals surface area contributed by atoms with Crippen LogP contribution in [0.2, 0.25) is 0 Å². The third kappa shape index (κ3) is 5.40. The van der Waals surface area contributed by atoms with Crippen LogP contribution < -0.4 is 0 Å². The molecule has 12 nitrogen and oxygen atoms in total. The van der Waals surface area contributed by atoms with E-state index in [9.17, 15) is 35.7 Å². The maximum atomic E-state index is 9.94. The third-order valence-electron chi connectivity index (χ3n) is 3.98. The molecule has 13 heteroatoms. The van der Waals surface area contributed by atoms with Gasteiger partial charge < -0.3 is 63.4 Å². The third-order valence-corrected chi connectivity index (χ3v) is 3.98. The summed E-state index contributed by atoms with van der Waals surface area (Å²) in [6, 6.07) is 0. The van der Waals surface area contributed by atoms with Gasteiger partial charge in [-0.05, 0) is 0 Å². The molecule has 25 heavy (non-hydrogen) atoms. The van der Waals surface area contributed by atoms with Crippen molar-refractivity contribution >= 4 is 37.7 Å². The summed E-state index contributed by atoms with van der Waals surface area (Å²) in [6.07, 6.45) is -15.6. The molecule has 2 rings (SSSR count). The molecule has 0 radical (unpaired) electrons. The van der Waals surface area contributed by atoms with Gasteiger partial charge in [-0.1, -0.05) is 0 Å². The molecule has 2 aliphatic heterocycles. The Morgan fingerprint density at radius 3 is 1.80 bits per heavy atom. The van der Waals surface area contributed by atoms with Crippen molar-refractivity contribution in [2.45, 2.75) is 61.4 Å². The molecule has 10 N–H and O–H groups in total. The smallest absolute Gasteiger partial charge is 1.00 e. The zero-order chi connectivity index (χ0) is 17.3. The fourth-order valence-electron chi connectivity index (χ4n) is 2.57. The van der Waals surface area contributed by atoms with Crippen LogP contribution in [0.1, 0.15) is 2.85 Å². The van der Waals surface area contributed by atoms with Gasteiger partial charge in [-0.15, -0.1) is 0 Å². The maximum absolute atomic E-state index is 9.94. The van der Waals surface area contributed by atoms with E-state index < -0.39 is 74.6 Å². The van der Waals surface area contributed by atoms with Crippen LogP contribution in [0.25, 0.3) is 0 Å². The Morgan fingerprint density at radius 1 is 0.720 bits per heavy atom. The molecule has 0 amide bonds. The largest absolute Gasteiger partial charge is 2.00 e. The topological polar surface area (TPSA) is 221 Å². The average Bonchev–Trinajstić information content (AvgIpc) is 2.55. The molecule has 2 fully saturated rings. The van der Waals surface area contributed by atoms with Gasteiger partial charge in [0, 0.05) is 0 Å². The number of aliphatic hydroxyl groups excluding tert-OH is 8. The summed E-state index contributed by atoms with van der Waals surface area (Å²) in [5.41, 5.74) is 0. The second kappa shape index (κ2) is 10.9. The van der Waals surface area contributed by atoms with Gasteiger partial charge in [0.1, 0.15) is 48.8 Å². The predicted molar refractivity (Wildman–Crippen MR) is 80.2 cm³/mol. The molecule has 0 unspecified atom stereocenters. The summed E-state index contributed by atoms with van der Waals surface area (Å²) in [5, 5.41) is 76.5. The first-order valence-electron chi connectivity index (χ1n) is 7.08. The van der Waals surface area contributed by atoms with E-state index in [0.717, 1.165) is 0 Å². The van der Waals surface area contributed by atoms with Crippen molar-refractivity contribution in [3.05, 3.63) is 0 Å². The molecule has 0 aromatic heterocycles. The number of ether oxygens (including phenoxy) is 3. The minimum absolute atomic E-state index is 0. The molecule has 10 atom stereocenters. The van der Waals surface area contributed by atoms with Gasteiger partial charge in [0.15, 0.2) is 12.6 Å². The Morgan fingerprint density at radius 2 is 1.28 bits per heavy atom. The van der Waals surface area contributed by atoms with Crippen molar-refractivity contribution in [2.24, 2.45) is 0 Å². The minimum Gasteiger partial charge on any atom is -1.00 e. The maximum Gasteiger partial charge on any atom is 2.00 e. The zero-order valence-corrected chi connectivity index (χ0v) is 15.4. The molecule has 2 saturated heterocycles. The van der Waals surface area contributed by atoms with Gasteiger partial charge in [0.25, 0.3) is 0 Å². The Balaban J connectivity index is -0.00000144. The van der Waals surface area contributed by atoms with E-state index in [4.69, 9.17) is 19.3 Å². The van der Waals surface area contributed by atoms with E-state index in [0.29, 0.717) is 0 Å². The van der Waals surface area contributed by atoms with E-state index in [-0.39, 0.29) is 46.1 Å². The molecule has 0 spiro atoms. The summed E-state index contributed by atoms with van der Waals surface area (Å²) in [7, 11) is 0. The standard InChI is InChI=1S/C12H22O11.Ca.H2O.2H/c13-1-3-5(15)6(16)9(19)12(22-3)23-10-4(2-14)21-11(20)8(18)7(10)17;;;;/h3-20H,1-2H2;;1H2;;/q;+2;;2*-1/t3-,4-,5+,6+,7-,8-,9-,10-,11-,12+;;;;/m1..../s1. The van der Waals surface area contributed by atoms with E-state index in [1.165, 1.54) is 0 Å². The van der Waals surface area contributed by atoms with Gasteiger partial charge in [-0.25, -0.2) is 0 Å². The number of hydrogen-bond donors (Lipinski definition) is 8. The van der Waals surface area contributed by atoms with Crippen molar-refractivity contribution in [2.75, 3.05) is 13.2 Å². The molecule has 0 aliphatic carbocycles. The quantitative estimate of drug-likeness (QED) is 0.206. The number of hydrogen-bond acceptors (Lipinski definition) is 11. The van der Waals surface area contributed by atoms with Crippen molar-refractivity contribution < 1.29 is 63.4 Å². The molecule has 0 saturated carbocycles. The van der Waals surface area contributed by atoms with Crippen LogP contribution >= 0.6 is 0 Å². The van der Waals surface area contributed by atoms with E-state index in [1.807, 2.05) is 0 Å². The monoisotopic (exact) mass is 402 g/mol. The normalized spacial score (nSPS) is 47.5. The van der Waals surface area contributed by atoms with Crippen LogP contribution in [0, 0.1) is 0 Å². The summed E-state index contributed by atoms with van der Waals surface area (Å²) in [5.74, 6) is 0. The number of aliphatic hydroxyl groups is 8. The molecule has 2 aliphatic rings. The van der Waals surface area contributed by atoms with Crippen LogP contribution in [0.4, 0.5) is 0 Å². The Labute approximate surface area is 175 Å². The van der Waals surface area contributed by atoms with E-state index in [2.05, 4.69) is 0 Å². The molecular weight excluding hydrogens is 376 g/mol. The second-order valence-corrected chi connectivity index (χ2v) is 5.53. The SMILES string of the molecule is O.OC[C@H]1O[C@@H](O[C@H]2[C@H](O)[C@@H](O)[C@H](O)O[C@@H]2CO)[C@H](O)[C@@H](O)[C@H]1O.[Ca+2].[H-].[H-]. The van der Waals surface area contributed by atoms with Crippen LogP contribution in [0.3, 0.4) is 0 Å². The summed E-state index contributed by atoms with van der Waals surface area (Å²) in [6.45, 7) is -1.35.